The maximum absolute atomic E-state index is 13.3. The van der Waals surface area contributed by atoms with Gasteiger partial charge in [-0.3, -0.25) is 9.59 Å². The Morgan fingerprint density at radius 1 is 1.12 bits per heavy atom. The van der Waals surface area contributed by atoms with Gasteiger partial charge in [0.05, 0.1) is 0 Å². The standard InChI is InChI=1S/C20H29N3O2.ClH/c1-15(21)16-10-13-22(14-11-16)20(25)19(17-7-3-2-4-8-17)23-12-6-5-9-18(23)24;/h2-4,7-8,15-16,19H,5-6,9-14,21H2,1H3;1H. The zero-order valence-electron chi connectivity index (χ0n) is 15.5. The van der Waals surface area contributed by atoms with Gasteiger partial charge in [0.1, 0.15) is 6.04 Å². The molecule has 2 atom stereocenters. The van der Waals surface area contributed by atoms with Crippen LogP contribution in [0.25, 0.3) is 0 Å². The molecule has 0 bridgehead atoms. The number of hydrogen-bond donors (Lipinski definition) is 1. The van der Waals surface area contributed by atoms with E-state index < -0.39 is 6.04 Å². The van der Waals surface area contributed by atoms with Crippen molar-refractivity contribution in [2.24, 2.45) is 11.7 Å². The van der Waals surface area contributed by atoms with Crippen LogP contribution in [-0.2, 0) is 9.59 Å². The van der Waals surface area contributed by atoms with Crippen LogP contribution in [0.1, 0.15) is 50.6 Å². The van der Waals surface area contributed by atoms with Crippen LogP contribution < -0.4 is 5.73 Å². The lowest BCUT2D eigenvalue weighted by Crippen LogP contribution is -2.50. The predicted octanol–water partition coefficient (Wildman–Crippen LogP) is 2.75. The Bertz CT molecular complexity index is 600. The molecule has 2 aliphatic rings. The first-order valence-electron chi connectivity index (χ1n) is 9.46. The van der Waals surface area contributed by atoms with Crippen molar-refractivity contribution < 1.29 is 9.59 Å². The average molecular weight is 380 g/mol. The Hall–Kier alpha value is -1.59. The van der Waals surface area contributed by atoms with Gasteiger partial charge >= 0.3 is 0 Å². The molecule has 0 aliphatic carbocycles. The minimum absolute atomic E-state index is 0. The molecule has 144 valence electrons. The zero-order valence-corrected chi connectivity index (χ0v) is 16.3. The Kier molecular flexibility index (Phi) is 7.47. The molecule has 2 saturated heterocycles. The minimum atomic E-state index is -0.485. The van der Waals surface area contributed by atoms with Crippen molar-refractivity contribution in [2.75, 3.05) is 19.6 Å². The van der Waals surface area contributed by atoms with Gasteiger partial charge in [0.25, 0.3) is 0 Å². The molecule has 0 saturated carbocycles. The fourth-order valence-electron chi connectivity index (χ4n) is 4.01. The van der Waals surface area contributed by atoms with Crippen LogP contribution in [-0.4, -0.2) is 47.3 Å². The zero-order chi connectivity index (χ0) is 17.8. The van der Waals surface area contributed by atoms with Gasteiger partial charge in [0.15, 0.2) is 0 Å². The number of nitrogens with zero attached hydrogens (tertiary/aromatic N) is 2. The van der Waals surface area contributed by atoms with Crippen molar-refractivity contribution in [3.8, 4) is 0 Å². The van der Waals surface area contributed by atoms with Crippen molar-refractivity contribution in [3.63, 3.8) is 0 Å². The first-order valence-corrected chi connectivity index (χ1v) is 9.46. The lowest BCUT2D eigenvalue weighted by molar-refractivity contribution is -0.148. The van der Waals surface area contributed by atoms with Crippen molar-refractivity contribution in [3.05, 3.63) is 35.9 Å². The van der Waals surface area contributed by atoms with E-state index in [1.54, 1.807) is 4.90 Å². The van der Waals surface area contributed by atoms with Gasteiger partial charge in [0.2, 0.25) is 11.8 Å². The summed E-state index contributed by atoms with van der Waals surface area (Å²) < 4.78 is 0. The minimum Gasteiger partial charge on any atom is -0.341 e. The molecule has 26 heavy (non-hydrogen) atoms. The summed E-state index contributed by atoms with van der Waals surface area (Å²) in [5.74, 6) is 0.638. The van der Waals surface area contributed by atoms with Crippen molar-refractivity contribution >= 4 is 24.2 Å². The molecule has 2 aliphatic heterocycles. The van der Waals surface area contributed by atoms with E-state index in [0.717, 1.165) is 44.3 Å². The van der Waals surface area contributed by atoms with Crippen LogP contribution in [0.3, 0.4) is 0 Å². The SMILES string of the molecule is CC(N)C1CCN(C(=O)C(c2ccccc2)N2CCCCC2=O)CC1.Cl. The molecule has 2 unspecified atom stereocenters. The van der Waals surface area contributed by atoms with Crippen LogP contribution in [0.15, 0.2) is 30.3 Å². The summed E-state index contributed by atoms with van der Waals surface area (Å²) in [6, 6.07) is 9.42. The second kappa shape index (κ2) is 9.38. The summed E-state index contributed by atoms with van der Waals surface area (Å²) in [4.78, 5) is 29.5. The Labute approximate surface area is 162 Å². The Balaban J connectivity index is 0.00000243. The monoisotopic (exact) mass is 379 g/mol. The van der Waals surface area contributed by atoms with E-state index in [4.69, 9.17) is 5.73 Å². The van der Waals surface area contributed by atoms with Crippen molar-refractivity contribution in [1.82, 2.24) is 9.80 Å². The smallest absolute Gasteiger partial charge is 0.250 e. The van der Waals surface area contributed by atoms with E-state index in [1.165, 1.54) is 0 Å². The number of likely N-dealkylation sites (tertiary alicyclic amines) is 2. The number of carbonyl (C=O) groups is 2. The van der Waals surface area contributed by atoms with Crippen LogP contribution in [0, 0.1) is 5.92 Å². The Morgan fingerprint density at radius 2 is 1.77 bits per heavy atom. The lowest BCUT2D eigenvalue weighted by Gasteiger charge is -2.40. The lowest BCUT2D eigenvalue weighted by atomic mass is 9.90. The molecule has 1 aromatic carbocycles. The molecule has 2 heterocycles. The molecular weight excluding hydrogens is 350 g/mol. The highest BCUT2D eigenvalue weighted by Crippen LogP contribution is 2.29. The van der Waals surface area contributed by atoms with Crippen molar-refractivity contribution in [2.45, 2.75) is 51.1 Å². The van der Waals surface area contributed by atoms with Gasteiger partial charge in [-0.15, -0.1) is 12.4 Å². The molecule has 0 aromatic heterocycles. The van der Waals surface area contributed by atoms with Crippen LogP contribution in [0.2, 0.25) is 0 Å². The third kappa shape index (κ3) is 4.57. The molecular formula is C20H30ClN3O2. The molecule has 2 amide bonds. The van der Waals surface area contributed by atoms with Gasteiger partial charge in [-0.25, -0.2) is 0 Å². The summed E-state index contributed by atoms with van der Waals surface area (Å²) in [6.07, 6.45) is 4.32. The number of carbonyl (C=O) groups excluding carboxylic acids is 2. The number of piperidine rings is 2. The fraction of sp³-hybridized carbons (Fsp3) is 0.600. The first-order chi connectivity index (χ1) is 12.1. The second-order valence-corrected chi connectivity index (χ2v) is 7.38. The summed E-state index contributed by atoms with van der Waals surface area (Å²) in [5.41, 5.74) is 6.93. The van der Waals surface area contributed by atoms with E-state index in [-0.39, 0.29) is 30.3 Å². The number of hydrogen-bond acceptors (Lipinski definition) is 3. The topological polar surface area (TPSA) is 66.6 Å². The predicted molar refractivity (Wildman–Crippen MR) is 105 cm³/mol. The third-order valence-corrected chi connectivity index (χ3v) is 5.62. The molecule has 2 fully saturated rings. The molecule has 0 radical (unpaired) electrons. The van der Waals surface area contributed by atoms with E-state index in [1.807, 2.05) is 42.2 Å². The van der Waals surface area contributed by atoms with Gasteiger partial charge in [-0.05, 0) is 44.1 Å². The van der Waals surface area contributed by atoms with Crippen LogP contribution >= 0.6 is 12.4 Å². The average Bonchev–Trinajstić information content (AvgIpc) is 2.64. The second-order valence-electron chi connectivity index (χ2n) is 7.38. The summed E-state index contributed by atoms with van der Waals surface area (Å²) in [5, 5.41) is 0. The van der Waals surface area contributed by atoms with Gasteiger partial charge in [-0.1, -0.05) is 30.3 Å². The van der Waals surface area contributed by atoms with E-state index in [2.05, 4.69) is 0 Å². The van der Waals surface area contributed by atoms with Gasteiger partial charge < -0.3 is 15.5 Å². The molecule has 0 spiro atoms. The van der Waals surface area contributed by atoms with Crippen LogP contribution in [0.5, 0.6) is 0 Å². The highest BCUT2D eigenvalue weighted by molar-refractivity contribution is 5.89. The van der Waals surface area contributed by atoms with Gasteiger partial charge in [-0.2, -0.15) is 0 Å². The maximum atomic E-state index is 13.3. The van der Waals surface area contributed by atoms with Crippen molar-refractivity contribution in [1.29, 1.82) is 0 Å². The number of amides is 2. The first kappa shape index (κ1) is 20.7. The summed E-state index contributed by atoms with van der Waals surface area (Å²) >= 11 is 0. The number of benzene rings is 1. The van der Waals surface area contributed by atoms with E-state index >= 15 is 0 Å². The fourth-order valence-corrected chi connectivity index (χ4v) is 4.01. The largest absolute Gasteiger partial charge is 0.341 e. The molecule has 1 aromatic rings. The third-order valence-electron chi connectivity index (χ3n) is 5.62. The number of rotatable bonds is 4. The number of halogens is 1. The van der Waals surface area contributed by atoms with E-state index in [0.29, 0.717) is 18.9 Å². The van der Waals surface area contributed by atoms with E-state index in [9.17, 15) is 9.59 Å². The summed E-state index contributed by atoms with van der Waals surface area (Å²) in [7, 11) is 0. The Morgan fingerprint density at radius 3 is 2.35 bits per heavy atom. The molecule has 6 heteroatoms. The quantitative estimate of drug-likeness (QED) is 0.874. The van der Waals surface area contributed by atoms with Gasteiger partial charge in [0, 0.05) is 32.1 Å². The number of nitrogens with two attached hydrogens (primary N) is 1. The highest BCUT2D eigenvalue weighted by Gasteiger charge is 2.36. The molecule has 3 rings (SSSR count). The normalized spacial score (nSPS) is 21.1. The van der Waals surface area contributed by atoms with Crippen LogP contribution in [0.4, 0.5) is 0 Å². The molecule has 2 N–H and O–H groups in total. The summed E-state index contributed by atoms with van der Waals surface area (Å²) in [6.45, 7) is 4.18. The maximum Gasteiger partial charge on any atom is 0.250 e. The highest BCUT2D eigenvalue weighted by atomic mass is 35.5. The molecule has 5 nitrogen and oxygen atoms in total.